The van der Waals surface area contributed by atoms with Crippen LogP contribution >= 0.6 is 7.60 Å². The monoisotopic (exact) mass is 250 g/mol. The smallest absolute Gasteiger partial charge is 0.368 e. The summed E-state index contributed by atoms with van der Waals surface area (Å²) in [5.74, 6) is -0.657. The summed E-state index contributed by atoms with van der Waals surface area (Å²) in [4.78, 5) is 11.5. The van der Waals surface area contributed by atoms with Crippen molar-refractivity contribution in [2.75, 3.05) is 19.8 Å². The third-order valence-corrected chi connectivity index (χ3v) is 3.88. The molecule has 0 spiro atoms. The zero-order valence-electron chi connectivity index (χ0n) is 10.2. The van der Waals surface area contributed by atoms with Crippen LogP contribution in [0.4, 0.5) is 0 Å². The Kier molecular flexibility index (Phi) is 7.30. The zero-order valence-corrected chi connectivity index (χ0v) is 11.1. The summed E-state index contributed by atoms with van der Waals surface area (Å²) in [6.45, 7) is 7.26. The van der Waals surface area contributed by atoms with Gasteiger partial charge in [0.1, 0.15) is 5.31 Å². The van der Waals surface area contributed by atoms with E-state index in [-0.39, 0.29) is 25.1 Å². The van der Waals surface area contributed by atoms with Crippen LogP contribution in [0.3, 0.4) is 0 Å². The van der Waals surface area contributed by atoms with E-state index in [1.807, 2.05) is 0 Å². The van der Waals surface area contributed by atoms with Gasteiger partial charge in [0.25, 0.3) is 0 Å². The Balaban J connectivity index is 5.01. The topological polar surface area (TPSA) is 61.8 Å². The molecule has 0 radical (unpaired) electrons. The van der Waals surface area contributed by atoms with Gasteiger partial charge in [0.15, 0.2) is 0 Å². The van der Waals surface area contributed by atoms with Crippen LogP contribution in [-0.4, -0.2) is 25.8 Å². The maximum absolute atomic E-state index is 12.2. The minimum absolute atomic E-state index is 0.0435. The van der Waals surface area contributed by atoms with E-state index in [4.69, 9.17) is 13.8 Å². The third kappa shape index (κ3) is 4.08. The lowest BCUT2D eigenvalue weighted by Crippen LogP contribution is -2.11. The molecule has 0 aliphatic carbocycles. The second-order valence-electron chi connectivity index (χ2n) is 2.73. The number of hydrogen-bond donors (Lipinski definition) is 0. The molecular weight excluding hydrogens is 231 g/mol. The largest absolute Gasteiger partial charge is 0.462 e. The van der Waals surface area contributed by atoms with Crippen molar-refractivity contribution in [2.24, 2.45) is 0 Å². The summed E-state index contributed by atoms with van der Waals surface area (Å²) >= 11 is 0. The molecule has 0 rings (SSSR count). The summed E-state index contributed by atoms with van der Waals surface area (Å²) < 4.78 is 27.2. The molecule has 94 valence electrons. The Morgan fingerprint density at radius 1 is 1.12 bits per heavy atom. The lowest BCUT2D eigenvalue weighted by Gasteiger charge is -2.18. The van der Waals surface area contributed by atoms with E-state index in [0.29, 0.717) is 0 Å². The Morgan fingerprint density at radius 3 is 1.94 bits per heavy atom. The van der Waals surface area contributed by atoms with Gasteiger partial charge in [0, 0.05) is 0 Å². The fourth-order valence-corrected chi connectivity index (χ4v) is 2.75. The molecule has 0 unspecified atom stereocenters. The molecule has 0 saturated carbocycles. The number of carbonyl (C=O) groups is 1. The first-order chi connectivity index (χ1) is 7.55. The third-order valence-electron chi connectivity index (χ3n) is 1.65. The SMILES string of the molecule is C/C=C(\C(=O)OCC)P(=O)(OCC)OCC. The first kappa shape index (κ1) is 15.4. The summed E-state index contributed by atoms with van der Waals surface area (Å²) in [6.07, 6.45) is 1.41. The molecule has 0 aliphatic rings. The fourth-order valence-electron chi connectivity index (χ4n) is 1.11. The van der Waals surface area contributed by atoms with E-state index in [1.165, 1.54) is 6.08 Å². The molecule has 0 aliphatic heterocycles. The van der Waals surface area contributed by atoms with Gasteiger partial charge in [0.05, 0.1) is 19.8 Å². The van der Waals surface area contributed by atoms with E-state index < -0.39 is 13.6 Å². The van der Waals surface area contributed by atoms with Gasteiger partial charge in [-0.05, 0) is 27.7 Å². The van der Waals surface area contributed by atoms with E-state index in [2.05, 4.69) is 0 Å². The Labute approximate surface area is 96.3 Å². The summed E-state index contributed by atoms with van der Waals surface area (Å²) in [5, 5.41) is -0.0435. The van der Waals surface area contributed by atoms with E-state index in [1.54, 1.807) is 27.7 Å². The average Bonchev–Trinajstić information content (AvgIpc) is 2.19. The van der Waals surface area contributed by atoms with Gasteiger partial charge in [-0.3, -0.25) is 4.57 Å². The van der Waals surface area contributed by atoms with Gasteiger partial charge >= 0.3 is 13.6 Å². The van der Waals surface area contributed by atoms with Crippen molar-refractivity contribution in [1.82, 2.24) is 0 Å². The molecule has 16 heavy (non-hydrogen) atoms. The minimum atomic E-state index is -3.53. The molecule has 0 N–H and O–H groups in total. The molecule has 0 heterocycles. The van der Waals surface area contributed by atoms with Gasteiger partial charge in [-0.15, -0.1) is 0 Å². The van der Waals surface area contributed by atoms with Crippen LogP contribution in [0, 0.1) is 0 Å². The van der Waals surface area contributed by atoms with Crippen LogP contribution in [0.1, 0.15) is 27.7 Å². The molecule has 0 bridgehead atoms. The molecular formula is C10H19O5P. The van der Waals surface area contributed by atoms with Gasteiger partial charge in [-0.1, -0.05) is 6.08 Å². The number of hydrogen-bond acceptors (Lipinski definition) is 5. The van der Waals surface area contributed by atoms with E-state index >= 15 is 0 Å². The maximum Gasteiger partial charge on any atom is 0.368 e. The van der Waals surface area contributed by atoms with Crippen LogP contribution in [0.5, 0.6) is 0 Å². The summed E-state index contributed by atoms with van der Waals surface area (Å²) in [7, 11) is -3.53. The molecule has 0 aromatic carbocycles. The highest BCUT2D eigenvalue weighted by Crippen LogP contribution is 2.56. The standard InChI is InChI=1S/C10H19O5P/c1-5-9(10(11)13-6-2)16(12,14-7-3)15-8-4/h5H,6-8H2,1-4H3/b9-5+. The quantitative estimate of drug-likeness (QED) is 0.395. The number of carbonyl (C=O) groups excluding carboxylic acids is 1. The molecule has 0 saturated heterocycles. The minimum Gasteiger partial charge on any atom is -0.462 e. The van der Waals surface area contributed by atoms with Gasteiger partial charge < -0.3 is 13.8 Å². The van der Waals surface area contributed by atoms with Crippen LogP contribution in [0.25, 0.3) is 0 Å². The predicted octanol–water partition coefficient (Wildman–Crippen LogP) is 2.72. The zero-order chi connectivity index (χ0) is 12.6. The number of ether oxygens (including phenoxy) is 1. The maximum atomic E-state index is 12.2. The van der Waals surface area contributed by atoms with Crippen molar-refractivity contribution in [3.05, 3.63) is 11.4 Å². The number of rotatable bonds is 7. The molecule has 0 aromatic rings. The first-order valence-electron chi connectivity index (χ1n) is 5.28. The molecule has 0 fully saturated rings. The highest BCUT2D eigenvalue weighted by molar-refractivity contribution is 7.59. The van der Waals surface area contributed by atoms with Crippen molar-refractivity contribution >= 4 is 13.6 Å². The van der Waals surface area contributed by atoms with Crippen molar-refractivity contribution in [1.29, 1.82) is 0 Å². The van der Waals surface area contributed by atoms with E-state index in [0.717, 1.165) is 0 Å². The predicted molar refractivity (Wildman–Crippen MR) is 61.2 cm³/mol. The van der Waals surface area contributed by atoms with Gasteiger partial charge in [-0.25, -0.2) is 4.79 Å². The second-order valence-corrected chi connectivity index (χ2v) is 4.72. The Bertz CT molecular complexity index is 288. The van der Waals surface area contributed by atoms with Crippen molar-refractivity contribution in [3.8, 4) is 0 Å². The lowest BCUT2D eigenvalue weighted by atomic mass is 10.5. The van der Waals surface area contributed by atoms with Crippen molar-refractivity contribution in [3.63, 3.8) is 0 Å². The molecule has 6 heteroatoms. The lowest BCUT2D eigenvalue weighted by molar-refractivity contribution is -0.137. The first-order valence-corrected chi connectivity index (χ1v) is 6.83. The summed E-state index contributed by atoms with van der Waals surface area (Å²) in [6, 6.07) is 0. The van der Waals surface area contributed by atoms with Crippen LogP contribution in [0.2, 0.25) is 0 Å². The molecule has 0 atom stereocenters. The molecule has 5 nitrogen and oxygen atoms in total. The van der Waals surface area contributed by atoms with E-state index in [9.17, 15) is 9.36 Å². The number of esters is 1. The fraction of sp³-hybridized carbons (Fsp3) is 0.700. The summed E-state index contributed by atoms with van der Waals surface area (Å²) in [5.41, 5.74) is 0. The van der Waals surface area contributed by atoms with Crippen LogP contribution < -0.4 is 0 Å². The molecule has 0 amide bonds. The van der Waals surface area contributed by atoms with Gasteiger partial charge in [-0.2, -0.15) is 0 Å². The normalized spacial score (nSPS) is 12.6. The Morgan fingerprint density at radius 2 is 1.62 bits per heavy atom. The Hall–Kier alpha value is -0.640. The molecule has 0 aromatic heterocycles. The average molecular weight is 250 g/mol. The highest BCUT2D eigenvalue weighted by atomic mass is 31.2. The highest BCUT2D eigenvalue weighted by Gasteiger charge is 2.35. The second kappa shape index (κ2) is 7.60. The van der Waals surface area contributed by atoms with Crippen LogP contribution in [0.15, 0.2) is 11.4 Å². The number of allylic oxidation sites excluding steroid dienone is 1. The van der Waals surface area contributed by atoms with Crippen molar-refractivity contribution < 1.29 is 23.1 Å². The van der Waals surface area contributed by atoms with Gasteiger partial charge in [0.2, 0.25) is 0 Å². The van der Waals surface area contributed by atoms with Crippen LogP contribution in [-0.2, 0) is 23.1 Å². The van der Waals surface area contributed by atoms with Crippen molar-refractivity contribution in [2.45, 2.75) is 27.7 Å².